The molecule has 1 saturated heterocycles. The highest BCUT2D eigenvalue weighted by Crippen LogP contribution is 2.35. The van der Waals surface area contributed by atoms with Crippen LogP contribution in [0.1, 0.15) is 24.8 Å². The Morgan fingerprint density at radius 2 is 2.29 bits per heavy atom. The van der Waals surface area contributed by atoms with Gasteiger partial charge in [0, 0.05) is 18.8 Å². The lowest BCUT2D eigenvalue weighted by Gasteiger charge is -2.33. The van der Waals surface area contributed by atoms with Gasteiger partial charge in [-0.2, -0.15) is 11.3 Å². The second-order valence-electron chi connectivity index (χ2n) is 6.38. The van der Waals surface area contributed by atoms with Crippen molar-refractivity contribution in [2.24, 2.45) is 0 Å². The van der Waals surface area contributed by atoms with Gasteiger partial charge in [0.05, 0.1) is 6.04 Å². The molecule has 0 bridgehead atoms. The van der Waals surface area contributed by atoms with Crippen molar-refractivity contribution in [3.05, 3.63) is 52.4 Å². The monoisotopic (exact) mass is 298 g/mol. The summed E-state index contributed by atoms with van der Waals surface area (Å²) in [5.74, 6) is 0. The molecule has 1 unspecified atom stereocenters. The fourth-order valence-electron chi connectivity index (χ4n) is 3.77. The van der Waals surface area contributed by atoms with Crippen LogP contribution in [0, 0.1) is 0 Å². The predicted octanol–water partition coefficient (Wildman–Crippen LogP) is 3.75. The molecule has 0 saturated carbocycles. The van der Waals surface area contributed by atoms with Gasteiger partial charge >= 0.3 is 0 Å². The summed E-state index contributed by atoms with van der Waals surface area (Å²) in [5, 5.41) is 4.44. The van der Waals surface area contributed by atoms with E-state index in [4.69, 9.17) is 0 Å². The van der Waals surface area contributed by atoms with E-state index >= 15 is 0 Å². The Kier molecular flexibility index (Phi) is 3.48. The molecule has 110 valence electrons. The molecule has 3 aliphatic rings. The number of allylic oxidation sites excluding steroid dienone is 2. The Morgan fingerprint density at radius 1 is 1.33 bits per heavy atom. The molecule has 3 heteroatoms. The molecule has 2 nitrogen and oxygen atoms in total. The van der Waals surface area contributed by atoms with Gasteiger partial charge in [-0.1, -0.05) is 12.2 Å². The third-order valence-electron chi connectivity index (χ3n) is 5.12. The number of fused-ring (bicyclic) bond motifs is 1. The van der Waals surface area contributed by atoms with E-state index in [1.165, 1.54) is 42.6 Å². The number of likely N-dealkylation sites (N-methyl/N-ethyl adjacent to an activating group) is 1. The molecule has 4 rings (SSSR count). The van der Waals surface area contributed by atoms with E-state index in [1.54, 1.807) is 11.3 Å². The van der Waals surface area contributed by atoms with Crippen LogP contribution in [0.15, 0.2) is 46.8 Å². The van der Waals surface area contributed by atoms with Crippen LogP contribution in [0.5, 0.6) is 0 Å². The summed E-state index contributed by atoms with van der Waals surface area (Å²) in [6, 6.07) is 3.52. The first-order valence-corrected chi connectivity index (χ1v) is 8.83. The van der Waals surface area contributed by atoms with E-state index in [0.29, 0.717) is 6.04 Å². The first-order valence-electron chi connectivity index (χ1n) is 7.89. The molecule has 2 atom stereocenters. The van der Waals surface area contributed by atoms with Crippen molar-refractivity contribution in [1.29, 1.82) is 0 Å². The topological polar surface area (TPSA) is 6.48 Å². The lowest BCUT2D eigenvalue weighted by Crippen LogP contribution is -2.40. The van der Waals surface area contributed by atoms with Gasteiger partial charge in [0.2, 0.25) is 0 Å². The molecule has 1 aliphatic carbocycles. The fraction of sp³-hybridized carbons (Fsp3) is 0.444. The molecule has 0 radical (unpaired) electrons. The van der Waals surface area contributed by atoms with Crippen molar-refractivity contribution in [1.82, 2.24) is 9.80 Å². The smallest absolute Gasteiger partial charge is 0.0578 e. The van der Waals surface area contributed by atoms with Crippen molar-refractivity contribution in [2.45, 2.75) is 31.3 Å². The molecule has 1 fully saturated rings. The molecule has 0 aromatic carbocycles. The zero-order valence-corrected chi connectivity index (χ0v) is 13.4. The minimum atomic E-state index is 0.555. The summed E-state index contributed by atoms with van der Waals surface area (Å²) in [7, 11) is 2.27. The van der Waals surface area contributed by atoms with Crippen LogP contribution in [0.4, 0.5) is 0 Å². The Bertz CT molecular complexity index is 597. The molecule has 1 aromatic heterocycles. The molecule has 2 aliphatic heterocycles. The van der Waals surface area contributed by atoms with Crippen LogP contribution in [0.3, 0.4) is 0 Å². The lowest BCUT2D eigenvalue weighted by molar-refractivity contribution is 0.220. The van der Waals surface area contributed by atoms with Gasteiger partial charge in [-0.25, -0.2) is 0 Å². The molecule has 21 heavy (non-hydrogen) atoms. The number of nitrogens with zero attached hydrogens (tertiary/aromatic N) is 2. The van der Waals surface area contributed by atoms with Crippen LogP contribution in [0.2, 0.25) is 0 Å². The van der Waals surface area contributed by atoms with Crippen molar-refractivity contribution in [3.8, 4) is 0 Å². The van der Waals surface area contributed by atoms with Crippen molar-refractivity contribution < 1.29 is 0 Å². The van der Waals surface area contributed by atoms with Crippen LogP contribution in [-0.4, -0.2) is 42.0 Å². The molecular weight excluding hydrogens is 276 g/mol. The molecule has 3 heterocycles. The maximum Gasteiger partial charge on any atom is 0.0578 e. The van der Waals surface area contributed by atoms with Gasteiger partial charge in [-0.05, 0) is 72.5 Å². The molecule has 0 N–H and O–H groups in total. The summed E-state index contributed by atoms with van der Waals surface area (Å²) in [4.78, 5) is 5.09. The van der Waals surface area contributed by atoms with Crippen LogP contribution in [-0.2, 0) is 0 Å². The standard InChI is InChI=1S/C18H22N2S/c1-19-8-2-3-17(19)12-20-9-6-14-4-5-15(11-18(14)20)16-7-10-21-13-16/h4-7,9-10,13,17-18H,2-3,8,11-12H2,1H3/t17-,18?/m1/s1. The third-order valence-corrected chi connectivity index (χ3v) is 5.80. The summed E-state index contributed by atoms with van der Waals surface area (Å²) in [6.45, 7) is 2.43. The number of hydrogen-bond acceptors (Lipinski definition) is 3. The van der Waals surface area contributed by atoms with E-state index in [1.807, 2.05) is 0 Å². The van der Waals surface area contributed by atoms with E-state index in [2.05, 4.69) is 58.1 Å². The lowest BCUT2D eigenvalue weighted by atomic mass is 9.91. The van der Waals surface area contributed by atoms with E-state index < -0.39 is 0 Å². The first kappa shape index (κ1) is 13.4. The average Bonchev–Trinajstić information content (AvgIpc) is 3.22. The Labute approximate surface area is 131 Å². The Hall–Kier alpha value is -1.32. The molecular formula is C18H22N2S. The number of thiophene rings is 1. The summed E-state index contributed by atoms with van der Waals surface area (Å²) >= 11 is 1.79. The predicted molar refractivity (Wildman–Crippen MR) is 90.3 cm³/mol. The highest BCUT2D eigenvalue weighted by atomic mass is 32.1. The second-order valence-corrected chi connectivity index (χ2v) is 7.16. The van der Waals surface area contributed by atoms with Crippen molar-refractivity contribution in [3.63, 3.8) is 0 Å². The minimum Gasteiger partial charge on any atom is -0.368 e. The van der Waals surface area contributed by atoms with Crippen molar-refractivity contribution in [2.75, 3.05) is 20.1 Å². The first-order chi connectivity index (χ1) is 10.3. The Morgan fingerprint density at radius 3 is 3.05 bits per heavy atom. The third kappa shape index (κ3) is 2.49. The fourth-order valence-corrected chi connectivity index (χ4v) is 4.45. The minimum absolute atomic E-state index is 0.555. The largest absolute Gasteiger partial charge is 0.368 e. The van der Waals surface area contributed by atoms with E-state index in [0.717, 1.165) is 12.5 Å². The number of likely N-dealkylation sites (tertiary alicyclic amines) is 1. The highest BCUT2D eigenvalue weighted by molar-refractivity contribution is 7.08. The zero-order chi connectivity index (χ0) is 14.2. The number of rotatable bonds is 3. The SMILES string of the molecule is CN1CCC[C@@H]1CN1C=CC2=CC=C(c3ccsc3)CC21. The van der Waals surface area contributed by atoms with E-state index in [9.17, 15) is 0 Å². The molecule has 1 aromatic rings. The Balaban J connectivity index is 1.50. The van der Waals surface area contributed by atoms with Crippen LogP contribution >= 0.6 is 11.3 Å². The molecule has 0 amide bonds. The average molecular weight is 298 g/mol. The highest BCUT2D eigenvalue weighted by Gasteiger charge is 2.31. The van der Waals surface area contributed by atoms with Gasteiger partial charge in [-0.15, -0.1) is 0 Å². The van der Waals surface area contributed by atoms with Gasteiger partial charge < -0.3 is 9.80 Å². The maximum absolute atomic E-state index is 2.57. The zero-order valence-electron chi connectivity index (χ0n) is 12.5. The van der Waals surface area contributed by atoms with Crippen LogP contribution in [0.25, 0.3) is 5.57 Å². The van der Waals surface area contributed by atoms with Gasteiger partial charge in [0.1, 0.15) is 0 Å². The quantitative estimate of drug-likeness (QED) is 0.838. The summed E-state index contributed by atoms with van der Waals surface area (Å²) < 4.78 is 0. The normalized spacial score (nSPS) is 28.7. The van der Waals surface area contributed by atoms with E-state index in [-0.39, 0.29) is 0 Å². The summed E-state index contributed by atoms with van der Waals surface area (Å²) in [5.41, 5.74) is 4.37. The van der Waals surface area contributed by atoms with Crippen molar-refractivity contribution >= 4 is 16.9 Å². The number of hydrogen-bond donors (Lipinski definition) is 0. The summed E-state index contributed by atoms with van der Waals surface area (Å²) in [6.07, 6.45) is 13.1. The molecule has 0 spiro atoms. The van der Waals surface area contributed by atoms with Gasteiger partial charge in [-0.3, -0.25) is 0 Å². The maximum atomic E-state index is 2.57. The van der Waals surface area contributed by atoms with Gasteiger partial charge in [0.25, 0.3) is 0 Å². The second kappa shape index (κ2) is 5.47. The van der Waals surface area contributed by atoms with Gasteiger partial charge in [0.15, 0.2) is 0 Å². The van der Waals surface area contributed by atoms with Crippen LogP contribution < -0.4 is 0 Å².